The first kappa shape index (κ1) is 11.6. The highest BCUT2D eigenvalue weighted by Crippen LogP contribution is 2.32. The quantitative estimate of drug-likeness (QED) is 0.674. The number of hydrogen-bond acceptors (Lipinski definition) is 5. The molecule has 0 aliphatic heterocycles. The molecule has 0 amide bonds. The molecule has 0 unspecified atom stereocenters. The zero-order chi connectivity index (χ0) is 11.5. The van der Waals surface area contributed by atoms with Crippen LogP contribution in [0.5, 0.6) is 0 Å². The van der Waals surface area contributed by atoms with Crippen LogP contribution in [-0.4, -0.2) is 15.2 Å². The second-order valence-corrected chi connectivity index (χ2v) is 5.85. The number of hydrogen-bond donors (Lipinski definition) is 2. The number of amidine groups is 1. The molecule has 0 radical (unpaired) electrons. The summed E-state index contributed by atoms with van der Waals surface area (Å²) < 4.78 is 5.71. The van der Waals surface area contributed by atoms with Crippen molar-refractivity contribution in [2.75, 3.05) is 0 Å². The first-order valence-corrected chi connectivity index (χ1v) is 6.63. The Kier molecular flexibility index (Phi) is 3.57. The van der Waals surface area contributed by atoms with Gasteiger partial charge in [0.2, 0.25) is 0 Å². The molecule has 1 aromatic carbocycles. The van der Waals surface area contributed by atoms with E-state index in [-0.39, 0.29) is 5.84 Å². The molecule has 3 N–H and O–H groups in total. The predicted molar refractivity (Wildman–Crippen MR) is 69.2 cm³/mol. The molecule has 4 nitrogen and oxygen atoms in total. The molecule has 2 rings (SSSR count). The van der Waals surface area contributed by atoms with Gasteiger partial charge in [-0.2, -0.15) is 4.37 Å². The van der Waals surface area contributed by atoms with E-state index in [2.05, 4.69) is 25.3 Å². The lowest BCUT2D eigenvalue weighted by molar-refractivity contribution is 1.21. The molecule has 0 saturated heterocycles. The molecule has 1 heterocycles. The lowest BCUT2D eigenvalue weighted by Crippen LogP contribution is -2.12. The lowest BCUT2D eigenvalue weighted by Gasteiger charge is -2.06. The van der Waals surface area contributed by atoms with Crippen molar-refractivity contribution in [1.29, 1.82) is 5.41 Å². The zero-order valence-corrected chi connectivity index (χ0v) is 11.2. The van der Waals surface area contributed by atoms with E-state index >= 15 is 0 Å². The molecule has 0 spiro atoms. The molecule has 0 atom stereocenters. The van der Waals surface area contributed by atoms with Crippen molar-refractivity contribution in [3.63, 3.8) is 0 Å². The van der Waals surface area contributed by atoms with Crippen LogP contribution in [0.2, 0.25) is 0 Å². The Labute approximate surface area is 109 Å². The molecule has 0 saturated carbocycles. The average Bonchev–Trinajstić information content (AvgIpc) is 2.70. The van der Waals surface area contributed by atoms with Gasteiger partial charge in [0.1, 0.15) is 12.2 Å². The van der Waals surface area contributed by atoms with Crippen LogP contribution < -0.4 is 5.73 Å². The van der Waals surface area contributed by atoms with E-state index in [0.717, 1.165) is 13.7 Å². The first-order valence-electron chi connectivity index (χ1n) is 4.25. The van der Waals surface area contributed by atoms with Crippen molar-refractivity contribution in [3.8, 4) is 0 Å². The molecular formula is C9H7BrN4S2. The van der Waals surface area contributed by atoms with Crippen molar-refractivity contribution in [2.45, 2.75) is 9.24 Å². The number of nitrogens with two attached hydrogens (primary N) is 1. The second-order valence-electron chi connectivity index (χ2n) is 2.86. The lowest BCUT2D eigenvalue weighted by atomic mass is 10.2. The summed E-state index contributed by atoms with van der Waals surface area (Å²) in [6.07, 6.45) is 1.51. The monoisotopic (exact) mass is 314 g/mol. The second kappa shape index (κ2) is 4.94. The van der Waals surface area contributed by atoms with Gasteiger partial charge in [0, 0.05) is 14.9 Å². The van der Waals surface area contributed by atoms with E-state index in [1.165, 1.54) is 29.6 Å². The predicted octanol–water partition coefficient (Wildman–Crippen LogP) is 2.74. The number of benzene rings is 1. The number of nitrogens with one attached hydrogen (secondary N) is 1. The minimum atomic E-state index is 0.0551. The summed E-state index contributed by atoms with van der Waals surface area (Å²) >= 11 is 6.17. The van der Waals surface area contributed by atoms with Crippen LogP contribution in [0.4, 0.5) is 0 Å². The molecule has 82 valence electrons. The van der Waals surface area contributed by atoms with Crippen molar-refractivity contribution in [2.24, 2.45) is 5.73 Å². The topological polar surface area (TPSA) is 75.7 Å². The maximum Gasteiger partial charge on any atom is 0.174 e. The van der Waals surface area contributed by atoms with Gasteiger partial charge in [-0.3, -0.25) is 5.41 Å². The summed E-state index contributed by atoms with van der Waals surface area (Å²) in [6, 6.07) is 5.60. The molecule has 7 heteroatoms. The van der Waals surface area contributed by atoms with Crippen molar-refractivity contribution < 1.29 is 0 Å². The third-order valence-corrected chi connectivity index (χ3v) is 4.04. The summed E-state index contributed by atoms with van der Waals surface area (Å²) in [5, 5.41) is 7.49. The number of aromatic nitrogens is 2. The molecular weight excluding hydrogens is 308 g/mol. The van der Waals surface area contributed by atoms with Gasteiger partial charge in [-0.1, -0.05) is 27.7 Å². The fourth-order valence-electron chi connectivity index (χ4n) is 1.11. The van der Waals surface area contributed by atoms with Crippen LogP contribution in [0.25, 0.3) is 0 Å². The number of rotatable bonds is 3. The highest BCUT2D eigenvalue weighted by molar-refractivity contribution is 9.10. The van der Waals surface area contributed by atoms with E-state index in [1.807, 2.05) is 18.2 Å². The highest BCUT2D eigenvalue weighted by Gasteiger charge is 2.09. The number of halogens is 1. The summed E-state index contributed by atoms with van der Waals surface area (Å²) in [6.45, 7) is 0. The van der Waals surface area contributed by atoms with Crippen LogP contribution in [0.3, 0.4) is 0 Å². The van der Waals surface area contributed by atoms with Gasteiger partial charge in [0.15, 0.2) is 4.34 Å². The molecule has 0 aliphatic rings. The molecule has 0 bridgehead atoms. The Morgan fingerprint density at radius 3 is 2.94 bits per heavy atom. The van der Waals surface area contributed by atoms with Crippen LogP contribution >= 0.6 is 39.2 Å². The standard InChI is InChI=1S/C9H7BrN4S2/c10-5-1-2-6(8(11)12)7(3-5)15-9-13-4-14-16-9/h1-4H,(H3,11,12). The van der Waals surface area contributed by atoms with Crippen LogP contribution in [0.1, 0.15) is 5.56 Å². The van der Waals surface area contributed by atoms with E-state index in [1.54, 1.807) is 0 Å². The summed E-state index contributed by atoms with van der Waals surface area (Å²) in [7, 11) is 0. The van der Waals surface area contributed by atoms with Crippen molar-refractivity contribution in [3.05, 3.63) is 34.6 Å². The summed E-state index contributed by atoms with van der Waals surface area (Å²) in [4.78, 5) is 4.99. The summed E-state index contributed by atoms with van der Waals surface area (Å²) in [5.74, 6) is 0.0551. The first-order chi connectivity index (χ1) is 7.66. The number of nitrogens with zero attached hydrogens (tertiary/aromatic N) is 2. The van der Waals surface area contributed by atoms with Crippen LogP contribution in [0, 0.1) is 5.41 Å². The summed E-state index contributed by atoms with van der Waals surface area (Å²) in [5.41, 5.74) is 6.23. The fourth-order valence-corrected chi connectivity index (χ4v) is 3.21. The third kappa shape index (κ3) is 2.60. The van der Waals surface area contributed by atoms with Gasteiger partial charge in [-0.25, -0.2) is 4.98 Å². The highest BCUT2D eigenvalue weighted by atomic mass is 79.9. The number of nitrogen functional groups attached to an aromatic ring is 1. The van der Waals surface area contributed by atoms with Gasteiger partial charge >= 0.3 is 0 Å². The Morgan fingerprint density at radius 1 is 1.50 bits per heavy atom. The Bertz CT molecular complexity index is 512. The van der Waals surface area contributed by atoms with Gasteiger partial charge in [-0.15, -0.1) is 0 Å². The Hall–Kier alpha value is -0.920. The fraction of sp³-hybridized carbons (Fsp3) is 0. The Morgan fingerprint density at radius 2 is 2.31 bits per heavy atom. The zero-order valence-electron chi connectivity index (χ0n) is 7.98. The molecule has 2 aromatic rings. The average molecular weight is 315 g/mol. The molecule has 0 aliphatic carbocycles. The van der Waals surface area contributed by atoms with E-state index < -0.39 is 0 Å². The molecule has 1 aromatic heterocycles. The van der Waals surface area contributed by atoms with E-state index in [4.69, 9.17) is 11.1 Å². The van der Waals surface area contributed by atoms with E-state index in [9.17, 15) is 0 Å². The van der Waals surface area contributed by atoms with Gasteiger partial charge < -0.3 is 5.73 Å². The SMILES string of the molecule is N=C(N)c1ccc(Br)cc1Sc1ncns1. The van der Waals surface area contributed by atoms with Crippen molar-refractivity contribution >= 4 is 45.1 Å². The van der Waals surface area contributed by atoms with Gasteiger partial charge in [-0.05, 0) is 29.7 Å². The Balaban J connectivity index is 2.38. The van der Waals surface area contributed by atoms with Crippen LogP contribution in [0.15, 0.2) is 38.2 Å². The molecule has 0 fully saturated rings. The minimum Gasteiger partial charge on any atom is -0.384 e. The smallest absolute Gasteiger partial charge is 0.174 e. The maximum absolute atomic E-state index is 7.49. The largest absolute Gasteiger partial charge is 0.384 e. The maximum atomic E-state index is 7.49. The molecule has 16 heavy (non-hydrogen) atoms. The normalized spacial score (nSPS) is 10.3. The van der Waals surface area contributed by atoms with Crippen molar-refractivity contribution in [1.82, 2.24) is 9.36 Å². The van der Waals surface area contributed by atoms with Gasteiger partial charge in [0.25, 0.3) is 0 Å². The third-order valence-electron chi connectivity index (χ3n) is 1.77. The van der Waals surface area contributed by atoms with E-state index in [0.29, 0.717) is 5.56 Å². The minimum absolute atomic E-state index is 0.0551. The van der Waals surface area contributed by atoms with Crippen LogP contribution in [-0.2, 0) is 0 Å². The van der Waals surface area contributed by atoms with Gasteiger partial charge in [0.05, 0.1) is 0 Å².